The lowest BCUT2D eigenvalue weighted by atomic mass is 10.2. The summed E-state index contributed by atoms with van der Waals surface area (Å²) >= 11 is 3.30. The van der Waals surface area contributed by atoms with Crippen LogP contribution in [0.4, 0.5) is 5.13 Å². The molecule has 4 rings (SSSR count). The van der Waals surface area contributed by atoms with Crippen LogP contribution >= 0.6 is 23.1 Å². The topological polar surface area (TPSA) is 75.7 Å². The second-order valence-electron chi connectivity index (χ2n) is 5.85. The van der Waals surface area contributed by atoms with Crippen molar-refractivity contribution in [3.8, 4) is 0 Å². The van der Waals surface area contributed by atoms with Crippen molar-refractivity contribution in [3.05, 3.63) is 29.6 Å². The highest BCUT2D eigenvalue weighted by Crippen LogP contribution is 2.29. The predicted molar refractivity (Wildman–Crippen MR) is 97.8 cm³/mol. The van der Waals surface area contributed by atoms with Crippen LogP contribution in [-0.4, -0.2) is 39.4 Å². The lowest BCUT2D eigenvalue weighted by Gasteiger charge is -2.08. The number of nitrogens with zero attached hydrogens (tertiary/aromatic N) is 3. The van der Waals surface area contributed by atoms with E-state index in [0.29, 0.717) is 6.10 Å². The van der Waals surface area contributed by atoms with E-state index in [0.717, 1.165) is 58.1 Å². The van der Waals surface area contributed by atoms with E-state index in [1.54, 1.807) is 23.1 Å². The third-order valence-corrected chi connectivity index (χ3v) is 6.02. The van der Waals surface area contributed by atoms with Gasteiger partial charge in [0.15, 0.2) is 4.34 Å². The SMILES string of the molecule is Cc1nc2ccc(CSc3nnc(NC[C@@H]4CCCO4)s3)cc2[nH]1. The number of anilines is 1. The van der Waals surface area contributed by atoms with Gasteiger partial charge in [-0.25, -0.2) is 4.98 Å². The van der Waals surface area contributed by atoms with Gasteiger partial charge in [-0.05, 0) is 37.5 Å². The number of benzene rings is 1. The number of aromatic amines is 1. The Kier molecular flexibility index (Phi) is 4.68. The summed E-state index contributed by atoms with van der Waals surface area (Å²) < 4.78 is 6.58. The van der Waals surface area contributed by atoms with Crippen molar-refractivity contribution in [1.82, 2.24) is 20.2 Å². The zero-order chi connectivity index (χ0) is 16.4. The number of fused-ring (bicyclic) bond motifs is 1. The lowest BCUT2D eigenvalue weighted by Crippen LogP contribution is -2.18. The van der Waals surface area contributed by atoms with Gasteiger partial charge in [-0.1, -0.05) is 29.2 Å². The summed E-state index contributed by atoms with van der Waals surface area (Å²) in [7, 11) is 0. The predicted octanol–water partition coefficient (Wildman–Crippen LogP) is 3.61. The molecular weight excluding hydrogens is 342 g/mol. The third-order valence-electron chi connectivity index (χ3n) is 3.94. The molecule has 0 saturated carbocycles. The minimum absolute atomic E-state index is 0.314. The van der Waals surface area contributed by atoms with E-state index in [1.807, 2.05) is 6.92 Å². The van der Waals surface area contributed by atoms with Crippen molar-refractivity contribution in [1.29, 1.82) is 0 Å². The molecule has 0 spiro atoms. The smallest absolute Gasteiger partial charge is 0.206 e. The van der Waals surface area contributed by atoms with Crippen LogP contribution in [0.2, 0.25) is 0 Å². The average molecular weight is 361 g/mol. The van der Waals surface area contributed by atoms with Gasteiger partial charge < -0.3 is 15.0 Å². The van der Waals surface area contributed by atoms with Gasteiger partial charge in [-0.2, -0.15) is 0 Å². The molecule has 3 heterocycles. The van der Waals surface area contributed by atoms with Crippen molar-refractivity contribution in [2.45, 2.75) is 36.0 Å². The normalized spacial score (nSPS) is 17.6. The number of rotatable bonds is 6. The van der Waals surface area contributed by atoms with Crippen molar-refractivity contribution >= 4 is 39.3 Å². The fraction of sp³-hybridized carbons (Fsp3) is 0.438. The molecule has 1 aliphatic rings. The van der Waals surface area contributed by atoms with Gasteiger partial charge in [0, 0.05) is 18.9 Å². The molecular formula is C16H19N5OS2. The number of thioether (sulfide) groups is 1. The summed E-state index contributed by atoms with van der Waals surface area (Å²) in [6, 6.07) is 6.33. The Balaban J connectivity index is 1.33. The summed E-state index contributed by atoms with van der Waals surface area (Å²) in [4.78, 5) is 7.70. The van der Waals surface area contributed by atoms with Gasteiger partial charge in [-0.15, -0.1) is 10.2 Å². The van der Waals surface area contributed by atoms with Crippen LogP contribution < -0.4 is 5.32 Å². The molecule has 1 aliphatic heterocycles. The second kappa shape index (κ2) is 7.08. The first-order valence-electron chi connectivity index (χ1n) is 8.03. The molecule has 126 valence electrons. The number of imidazole rings is 1. The van der Waals surface area contributed by atoms with Crippen molar-refractivity contribution in [2.24, 2.45) is 0 Å². The van der Waals surface area contributed by atoms with Gasteiger partial charge in [0.25, 0.3) is 0 Å². The first-order chi connectivity index (χ1) is 11.8. The Hall–Kier alpha value is -1.64. The van der Waals surface area contributed by atoms with Crippen molar-refractivity contribution in [2.75, 3.05) is 18.5 Å². The first kappa shape index (κ1) is 15.9. The largest absolute Gasteiger partial charge is 0.376 e. The molecule has 3 aromatic rings. The second-order valence-corrected chi connectivity index (χ2v) is 8.05. The summed E-state index contributed by atoms with van der Waals surface area (Å²) in [5, 5.41) is 12.7. The Morgan fingerprint density at radius 1 is 1.42 bits per heavy atom. The molecule has 6 nitrogen and oxygen atoms in total. The number of aryl methyl sites for hydroxylation is 1. The molecule has 1 atom stereocenters. The maximum Gasteiger partial charge on any atom is 0.206 e. The van der Waals surface area contributed by atoms with Crippen molar-refractivity contribution < 1.29 is 4.74 Å². The molecule has 8 heteroatoms. The summed E-state index contributed by atoms with van der Waals surface area (Å²) in [6.45, 7) is 3.67. The van der Waals surface area contributed by atoms with Crippen LogP contribution in [0.1, 0.15) is 24.2 Å². The fourth-order valence-corrected chi connectivity index (χ4v) is 4.47. The van der Waals surface area contributed by atoms with Crippen molar-refractivity contribution in [3.63, 3.8) is 0 Å². The van der Waals surface area contributed by atoms with E-state index < -0.39 is 0 Å². The zero-order valence-corrected chi connectivity index (χ0v) is 15.0. The molecule has 0 bridgehead atoms. The molecule has 0 unspecified atom stereocenters. The maximum absolute atomic E-state index is 5.60. The molecule has 1 aromatic carbocycles. The highest BCUT2D eigenvalue weighted by molar-refractivity contribution is 8.00. The summed E-state index contributed by atoms with van der Waals surface area (Å²) in [5.74, 6) is 1.81. The van der Waals surface area contributed by atoms with Gasteiger partial charge >= 0.3 is 0 Å². The van der Waals surface area contributed by atoms with E-state index in [2.05, 4.69) is 43.7 Å². The van der Waals surface area contributed by atoms with E-state index in [9.17, 15) is 0 Å². The third kappa shape index (κ3) is 3.71. The quantitative estimate of drug-likeness (QED) is 0.653. The molecule has 1 fully saturated rings. The monoisotopic (exact) mass is 361 g/mol. The zero-order valence-electron chi connectivity index (χ0n) is 13.4. The van der Waals surface area contributed by atoms with Gasteiger partial charge in [0.1, 0.15) is 5.82 Å². The number of H-pyrrole nitrogens is 1. The number of hydrogen-bond acceptors (Lipinski definition) is 7. The highest BCUT2D eigenvalue weighted by Gasteiger charge is 2.15. The van der Waals surface area contributed by atoms with E-state index in [4.69, 9.17) is 4.74 Å². The number of nitrogens with one attached hydrogen (secondary N) is 2. The molecule has 0 aliphatic carbocycles. The van der Waals surface area contributed by atoms with Gasteiger partial charge in [0.2, 0.25) is 5.13 Å². The van der Waals surface area contributed by atoms with Crippen LogP contribution in [-0.2, 0) is 10.5 Å². The number of aromatic nitrogens is 4. The molecule has 1 saturated heterocycles. The van der Waals surface area contributed by atoms with E-state index >= 15 is 0 Å². The van der Waals surface area contributed by atoms with Gasteiger partial charge in [-0.3, -0.25) is 0 Å². The Morgan fingerprint density at radius 3 is 3.25 bits per heavy atom. The summed E-state index contributed by atoms with van der Waals surface area (Å²) in [6.07, 6.45) is 2.60. The van der Waals surface area contributed by atoms with Crippen LogP contribution in [0.5, 0.6) is 0 Å². The first-order valence-corrected chi connectivity index (χ1v) is 9.83. The molecule has 24 heavy (non-hydrogen) atoms. The van der Waals surface area contributed by atoms with Crippen LogP contribution in [0.3, 0.4) is 0 Å². The van der Waals surface area contributed by atoms with Crippen LogP contribution in [0, 0.1) is 6.92 Å². The molecule has 0 radical (unpaired) electrons. The standard InChI is InChI=1S/C16H19N5OS2/c1-10-18-13-5-4-11(7-14(13)19-10)9-23-16-21-20-15(24-16)17-8-12-3-2-6-22-12/h4-5,7,12H,2-3,6,8-9H2,1H3,(H,17,20)(H,18,19)/t12-/m0/s1. The lowest BCUT2D eigenvalue weighted by molar-refractivity contribution is 0.120. The van der Waals surface area contributed by atoms with Gasteiger partial charge in [0.05, 0.1) is 17.1 Å². The van der Waals surface area contributed by atoms with E-state index in [-0.39, 0.29) is 0 Å². The maximum atomic E-state index is 5.60. The molecule has 2 N–H and O–H groups in total. The van der Waals surface area contributed by atoms with E-state index in [1.165, 1.54) is 5.56 Å². The summed E-state index contributed by atoms with van der Waals surface area (Å²) in [5.41, 5.74) is 3.35. The Morgan fingerprint density at radius 2 is 2.38 bits per heavy atom. The Labute approximate surface area is 148 Å². The Bertz CT molecular complexity index is 825. The van der Waals surface area contributed by atoms with Crippen LogP contribution in [0.15, 0.2) is 22.5 Å². The average Bonchev–Trinajstić information content (AvgIpc) is 3.30. The highest BCUT2D eigenvalue weighted by atomic mass is 32.2. The fourth-order valence-electron chi connectivity index (χ4n) is 2.77. The van der Waals surface area contributed by atoms with Crippen LogP contribution in [0.25, 0.3) is 11.0 Å². The molecule has 2 aromatic heterocycles. The minimum atomic E-state index is 0.314. The number of hydrogen-bond donors (Lipinski definition) is 2. The molecule has 0 amide bonds. The minimum Gasteiger partial charge on any atom is -0.376 e. The number of ether oxygens (including phenoxy) is 1.